The lowest BCUT2D eigenvalue weighted by Crippen LogP contribution is -1.87. The quantitative estimate of drug-likeness (QED) is 0.664. The molecule has 0 aliphatic heterocycles. The Morgan fingerprint density at radius 2 is 2.08 bits per heavy atom. The lowest BCUT2D eigenvalue weighted by molar-refractivity contribution is 0.567. The molecule has 2 heteroatoms. The van der Waals surface area contributed by atoms with Gasteiger partial charge in [-0.2, -0.15) is 0 Å². The summed E-state index contributed by atoms with van der Waals surface area (Å²) in [7, 11) is 0. The average Bonchev–Trinajstić information content (AvgIpc) is 2.42. The van der Waals surface area contributed by atoms with Gasteiger partial charge >= 0.3 is 0 Å². The Balaban J connectivity index is 2.61. The molecule has 0 saturated carbocycles. The highest BCUT2D eigenvalue weighted by atomic mass is 16.3. The van der Waals surface area contributed by atoms with Gasteiger partial charge in [0.25, 0.3) is 0 Å². The molecule has 2 aromatic rings. The van der Waals surface area contributed by atoms with E-state index in [9.17, 15) is 0 Å². The minimum Gasteiger partial charge on any atom is -0.443 e. The molecule has 0 aliphatic carbocycles. The van der Waals surface area contributed by atoms with Gasteiger partial charge in [-0.15, -0.1) is 0 Å². The number of furan rings is 1. The summed E-state index contributed by atoms with van der Waals surface area (Å²) in [6, 6.07) is 4.16. The van der Waals surface area contributed by atoms with Crippen molar-refractivity contribution in [1.29, 1.82) is 0 Å². The van der Waals surface area contributed by atoms with Crippen LogP contribution in [0.4, 0.5) is 0 Å². The molecule has 0 N–H and O–H groups in total. The number of aryl methyl sites for hydroxylation is 1. The highest BCUT2D eigenvalue weighted by Gasteiger charge is 2.04. The van der Waals surface area contributed by atoms with Crippen LogP contribution < -0.4 is 0 Å². The van der Waals surface area contributed by atoms with Gasteiger partial charge in [-0.05, 0) is 30.5 Å². The van der Waals surface area contributed by atoms with Gasteiger partial charge in [-0.25, -0.2) is 4.98 Å². The first kappa shape index (κ1) is 8.30. The molecule has 2 nitrogen and oxygen atoms in total. The van der Waals surface area contributed by atoms with Crippen molar-refractivity contribution < 1.29 is 4.42 Å². The van der Waals surface area contributed by atoms with Crippen LogP contribution in [0.25, 0.3) is 11.1 Å². The molecule has 0 atom stereocenters. The lowest BCUT2D eigenvalue weighted by Gasteiger charge is -2.02. The zero-order valence-electron chi connectivity index (χ0n) is 8.16. The number of pyridine rings is 1. The average molecular weight is 175 g/mol. The van der Waals surface area contributed by atoms with Gasteiger partial charge in [0, 0.05) is 11.6 Å². The summed E-state index contributed by atoms with van der Waals surface area (Å²) in [6.45, 7) is 6.27. The zero-order chi connectivity index (χ0) is 9.42. The van der Waals surface area contributed by atoms with Gasteiger partial charge in [0.1, 0.15) is 5.76 Å². The Morgan fingerprint density at radius 1 is 1.31 bits per heavy atom. The van der Waals surface area contributed by atoms with Gasteiger partial charge in [0.15, 0.2) is 0 Å². The van der Waals surface area contributed by atoms with E-state index in [0.717, 1.165) is 16.9 Å². The third kappa shape index (κ3) is 1.44. The van der Waals surface area contributed by atoms with Crippen molar-refractivity contribution in [2.24, 2.45) is 0 Å². The van der Waals surface area contributed by atoms with Crippen LogP contribution in [-0.4, -0.2) is 4.98 Å². The molecule has 2 rings (SSSR count). The molecule has 0 fully saturated rings. The normalized spacial score (nSPS) is 11.4. The highest BCUT2D eigenvalue weighted by molar-refractivity contribution is 5.74. The molecule has 2 heterocycles. The maximum absolute atomic E-state index is 5.39. The van der Waals surface area contributed by atoms with E-state index in [1.165, 1.54) is 5.56 Å². The SMILES string of the molecule is Cc1cc2cc(C(C)C)cnc2o1. The Labute approximate surface area is 77.6 Å². The molecule has 2 aromatic heterocycles. The fourth-order valence-electron chi connectivity index (χ4n) is 1.39. The summed E-state index contributed by atoms with van der Waals surface area (Å²) < 4.78 is 5.39. The maximum Gasteiger partial charge on any atom is 0.226 e. The fourth-order valence-corrected chi connectivity index (χ4v) is 1.39. The maximum atomic E-state index is 5.39. The van der Waals surface area contributed by atoms with E-state index in [1.54, 1.807) is 0 Å². The largest absolute Gasteiger partial charge is 0.443 e. The number of fused-ring (bicyclic) bond motifs is 1. The van der Waals surface area contributed by atoms with Crippen molar-refractivity contribution in [1.82, 2.24) is 4.98 Å². The summed E-state index contributed by atoms with van der Waals surface area (Å²) >= 11 is 0. The molecule has 0 radical (unpaired) electrons. The van der Waals surface area contributed by atoms with Crippen molar-refractivity contribution >= 4 is 11.1 Å². The molecule has 13 heavy (non-hydrogen) atoms. The van der Waals surface area contributed by atoms with Crippen molar-refractivity contribution in [3.63, 3.8) is 0 Å². The monoisotopic (exact) mass is 175 g/mol. The smallest absolute Gasteiger partial charge is 0.226 e. The van der Waals surface area contributed by atoms with E-state index in [1.807, 2.05) is 19.2 Å². The standard InChI is InChI=1S/C11H13NO/c1-7(2)10-5-9-4-8(3)13-11(9)12-6-10/h4-7H,1-3H3. The van der Waals surface area contributed by atoms with Crippen molar-refractivity contribution in [2.75, 3.05) is 0 Å². The van der Waals surface area contributed by atoms with E-state index in [-0.39, 0.29) is 0 Å². The molecule has 0 bridgehead atoms. The van der Waals surface area contributed by atoms with Crippen molar-refractivity contribution in [3.05, 3.63) is 29.7 Å². The van der Waals surface area contributed by atoms with Crippen LogP contribution in [0.2, 0.25) is 0 Å². The third-order valence-electron chi connectivity index (χ3n) is 2.18. The van der Waals surface area contributed by atoms with E-state index in [4.69, 9.17) is 4.42 Å². The number of nitrogens with zero attached hydrogens (tertiary/aromatic N) is 1. The lowest BCUT2D eigenvalue weighted by atomic mass is 10.1. The first-order chi connectivity index (χ1) is 6.16. The number of hydrogen-bond donors (Lipinski definition) is 0. The molecule has 0 spiro atoms. The van der Waals surface area contributed by atoms with Crippen LogP contribution in [0, 0.1) is 6.92 Å². The summed E-state index contributed by atoms with van der Waals surface area (Å²) in [5, 5.41) is 1.10. The minimum absolute atomic E-state index is 0.520. The molecule has 0 amide bonds. The van der Waals surface area contributed by atoms with E-state index >= 15 is 0 Å². The minimum atomic E-state index is 0.520. The molecule has 0 aromatic carbocycles. The summed E-state index contributed by atoms with van der Waals surface area (Å²) in [4.78, 5) is 4.26. The summed E-state index contributed by atoms with van der Waals surface area (Å²) in [5.41, 5.74) is 2.00. The van der Waals surface area contributed by atoms with Crippen LogP contribution in [0.3, 0.4) is 0 Å². The Hall–Kier alpha value is -1.31. The van der Waals surface area contributed by atoms with Crippen molar-refractivity contribution in [2.45, 2.75) is 26.7 Å². The number of rotatable bonds is 1. The van der Waals surface area contributed by atoms with Gasteiger partial charge in [0.05, 0.1) is 0 Å². The van der Waals surface area contributed by atoms with Gasteiger partial charge in [0.2, 0.25) is 5.71 Å². The summed E-state index contributed by atoms with van der Waals surface area (Å²) in [5.74, 6) is 1.44. The molecular weight excluding hydrogens is 162 g/mol. The van der Waals surface area contributed by atoms with Gasteiger partial charge < -0.3 is 4.42 Å². The predicted octanol–water partition coefficient (Wildman–Crippen LogP) is 3.26. The highest BCUT2D eigenvalue weighted by Crippen LogP contribution is 2.21. The van der Waals surface area contributed by atoms with Crippen LogP contribution >= 0.6 is 0 Å². The second kappa shape index (κ2) is 2.87. The Morgan fingerprint density at radius 3 is 2.77 bits per heavy atom. The van der Waals surface area contributed by atoms with Gasteiger partial charge in [-0.1, -0.05) is 13.8 Å². The van der Waals surface area contributed by atoms with Crippen LogP contribution in [0.1, 0.15) is 31.1 Å². The van der Waals surface area contributed by atoms with E-state index < -0.39 is 0 Å². The second-order valence-corrected chi connectivity index (χ2v) is 3.67. The topological polar surface area (TPSA) is 26.0 Å². The van der Waals surface area contributed by atoms with Crippen LogP contribution in [0.15, 0.2) is 22.7 Å². The summed E-state index contributed by atoms with van der Waals surface area (Å²) in [6.07, 6.45) is 1.88. The van der Waals surface area contributed by atoms with Gasteiger partial charge in [-0.3, -0.25) is 0 Å². The number of aromatic nitrogens is 1. The Bertz CT molecular complexity index is 429. The Kier molecular flexibility index (Phi) is 1.83. The van der Waals surface area contributed by atoms with E-state index in [0.29, 0.717) is 5.92 Å². The van der Waals surface area contributed by atoms with Crippen LogP contribution in [0.5, 0.6) is 0 Å². The zero-order valence-corrected chi connectivity index (χ0v) is 8.16. The first-order valence-electron chi connectivity index (χ1n) is 4.53. The third-order valence-corrected chi connectivity index (χ3v) is 2.18. The molecule has 0 aliphatic rings. The predicted molar refractivity (Wildman–Crippen MR) is 52.8 cm³/mol. The molecule has 0 saturated heterocycles. The number of hydrogen-bond acceptors (Lipinski definition) is 2. The fraction of sp³-hybridized carbons (Fsp3) is 0.364. The molecular formula is C11H13NO. The van der Waals surface area contributed by atoms with E-state index in [2.05, 4.69) is 24.9 Å². The van der Waals surface area contributed by atoms with Crippen molar-refractivity contribution in [3.8, 4) is 0 Å². The first-order valence-corrected chi connectivity index (χ1v) is 4.53. The second-order valence-electron chi connectivity index (χ2n) is 3.67. The van der Waals surface area contributed by atoms with Crippen LogP contribution in [-0.2, 0) is 0 Å². The molecule has 0 unspecified atom stereocenters. The molecule has 68 valence electrons.